The Bertz CT molecular complexity index is 1150. The monoisotopic (exact) mass is 565 g/mol. The van der Waals surface area contributed by atoms with Crippen molar-refractivity contribution in [2.45, 2.75) is 25.3 Å². The third-order valence-electron chi connectivity index (χ3n) is 6.22. The molecule has 1 aliphatic heterocycles. The highest BCUT2D eigenvalue weighted by Crippen LogP contribution is 2.33. The lowest BCUT2D eigenvalue weighted by atomic mass is 9.78. The van der Waals surface area contributed by atoms with Crippen molar-refractivity contribution in [3.05, 3.63) is 67.6 Å². The number of nitrogens with one attached hydrogen (secondary N) is 1. The van der Waals surface area contributed by atoms with E-state index in [1.165, 1.54) is 10.6 Å². The summed E-state index contributed by atoms with van der Waals surface area (Å²) in [5.74, 6) is -0.160. The van der Waals surface area contributed by atoms with Crippen molar-refractivity contribution in [3.63, 3.8) is 0 Å². The first-order valence-corrected chi connectivity index (χ1v) is 14.1. The standard InChI is InChI=1S/C23H27Cl4N3O3S/c1-23(17-4-6-19(25)21(27)14-17,7-8-29-9-11-30(12-10-29)34(2,32)33)22(31)28-15-16-3-5-18(24)20(26)13-16/h3-6,13-14H,7-12,15H2,1-2H3,(H,28,31). The van der Waals surface area contributed by atoms with Gasteiger partial charge in [-0.3, -0.25) is 4.79 Å². The number of hydrogen-bond donors (Lipinski definition) is 1. The molecule has 0 spiro atoms. The largest absolute Gasteiger partial charge is 0.351 e. The van der Waals surface area contributed by atoms with Crippen LogP contribution in [0, 0.1) is 0 Å². The van der Waals surface area contributed by atoms with E-state index in [2.05, 4.69) is 10.2 Å². The number of halogens is 4. The van der Waals surface area contributed by atoms with Crippen LogP contribution in [0.3, 0.4) is 0 Å². The Labute approximate surface area is 221 Å². The summed E-state index contributed by atoms with van der Waals surface area (Å²) in [5.41, 5.74) is 0.692. The zero-order chi connectivity index (χ0) is 25.1. The van der Waals surface area contributed by atoms with Crippen LogP contribution in [0.15, 0.2) is 36.4 Å². The average molecular weight is 567 g/mol. The normalized spacial score (nSPS) is 17.4. The predicted molar refractivity (Wildman–Crippen MR) is 140 cm³/mol. The topological polar surface area (TPSA) is 69.7 Å². The number of piperazine rings is 1. The molecule has 0 radical (unpaired) electrons. The van der Waals surface area contributed by atoms with Crippen molar-refractivity contribution in [2.75, 3.05) is 39.0 Å². The van der Waals surface area contributed by atoms with Crippen LogP contribution in [0.5, 0.6) is 0 Å². The van der Waals surface area contributed by atoms with E-state index in [4.69, 9.17) is 46.4 Å². The van der Waals surface area contributed by atoms with Crippen LogP contribution in [0.2, 0.25) is 20.1 Å². The molecule has 1 saturated heterocycles. The van der Waals surface area contributed by atoms with Crippen LogP contribution in [0.25, 0.3) is 0 Å². The molecule has 2 aromatic rings. The molecular formula is C23H27Cl4N3O3S. The second kappa shape index (κ2) is 11.3. The first-order valence-electron chi connectivity index (χ1n) is 10.8. The molecule has 1 atom stereocenters. The van der Waals surface area contributed by atoms with Crippen molar-refractivity contribution >= 4 is 62.3 Å². The van der Waals surface area contributed by atoms with Crippen LogP contribution < -0.4 is 5.32 Å². The molecule has 11 heteroatoms. The van der Waals surface area contributed by atoms with Crippen LogP contribution in [0.4, 0.5) is 0 Å². The molecule has 0 aromatic heterocycles. The van der Waals surface area contributed by atoms with Gasteiger partial charge in [-0.25, -0.2) is 8.42 Å². The third kappa shape index (κ3) is 6.78. The second-order valence-electron chi connectivity index (χ2n) is 8.65. The van der Waals surface area contributed by atoms with E-state index in [9.17, 15) is 13.2 Å². The molecule has 3 rings (SSSR count). The van der Waals surface area contributed by atoms with Crippen molar-refractivity contribution in [1.29, 1.82) is 0 Å². The summed E-state index contributed by atoms with van der Waals surface area (Å²) in [5, 5.41) is 4.68. The molecule has 0 saturated carbocycles. The fourth-order valence-corrected chi connectivity index (χ4v) is 5.37. The molecule has 1 heterocycles. The van der Waals surface area contributed by atoms with E-state index in [0.717, 1.165) is 11.1 Å². The van der Waals surface area contributed by atoms with Crippen molar-refractivity contribution in [1.82, 2.24) is 14.5 Å². The smallest absolute Gasteiger partial charge is 0.230 e. The zero-order valence-electron chi connectivity index (χ0n) is 19.0. The Kier molecular flexibility index (Phi) is 9.18. The molecule has 0 aliphatic carbocycles. The lowest BCUT2D eigenvalue weighted by molar-refractivity contribution is -0.126. The van der Waals surface area contributed by atoms with E-state index < -0.39 is 15.4 Å². The third-order valence-corrected chi connectivity index (χ3v) is 9.00. The minimum Gasteiger partial charge on any atom is -0.351 e. The second-order valence-corrected chi connectivity index (χ2v) is 12.3. The van der Waals surface area contributed by atoms with Gasteiger partial charge in [0, 0.05) is 32.7 Å². The number of hydrogen-bond acceptors (Lipinski definition) is 4. The lowest BCUT2D eigenvalue weighted by Gasteiger charge is -2.36. The van der Waals surface area contributed by atoms with Gasteiger partial charge < -0.3 is 10.2 Å². The van der Waals surface area contributed by atoms with Crippen LogP contribution >= 0.6 is 46.4 Å². The minimum absolute atomic E-state index is 0.160. The highest BCUT2D eigenvalue weighted by atomic mass is 35.5. The molecule has 34 heavy (non-hydrogen) atoms. The maximum Gasteiger partial charge on any atom is 0.230 e. The molecule has 2 aromatic carbocycles. The van der Waals surface area contributed by atoms with Crippen molar-refractivity contribution in [3.8, 4) is 0 Å². The summed E-state index contributed by atoms with van der Waals surface area (Å²) in [6.45, 7) is 4.88. The predicted octanol–water partition coefficient (Wildman–Crippen LogP) is 4.84. The Hall–Kier alpha value is -1.06. The Balaban J connectivity index is 1.75. The van der Waals surface area contributed by atoms with Gasteiger partial charge in [0.1, 0.15) is 0 Å². The molecule has 1 amide bonds. The van der Waals surface area contributed by atoms with E-state index in [-0.39, 0.29) is 5.91 Å². The lowest BCUT2D eigenvalue weighted by Crippen LogP contribution is -2.50. The van der Waals surface area contributed by atoms with Gasteiger partial charge in [-0.1, -0.05) is 58.5 Å². The van der Waals surface area contributed by atoms with Gasteiger partial charge in [0.15, 0.2) is 0 Å². The van der Waals surface area contributed by atoms with Crippen LogP contribution in [0.1, 0.15) is 24.5 Å². The fraction of sp³-hybridized carbons (Fsp3) is 0.435. The highest BCUT2D eigenvalue weighted by Gasteiger charge is 2.36. The fourth-order valence-electron chi connectivity index (χ4n) is 3.92. The zero-order valence-corrected chi connectivity index (χ0v) is 22.8. The van der Waals surface area contributed by atoms with Crippen LogP contribution in [-0.4, -0.2) is 62.5 Å². The quantitative estimate of drug-likeness (QED) is 0.496. The average Bonchev–Trinajstić information content (AvgIpc) is 2.79. The maximum absolute atomic E-state index is 13.5. The summed E-state index contributed by atoms with van der Waals surface area (Å²) >= 11 is 24.5. The number of sulfonamides is 1. The molecule has 186 valence electrons. The Morgan fingerprint density at radius 2 is 1.53 bits per heavy atom. The molecular weight excluding hydrogens is 540 g/mol. The van der Waals surface area contributed by atoms with E-state index in [1.807, 2.05) is 19.1 Å². The van der Waals surface area contributed by atoms with E-state index in [1.54, 1.807) is 24.3 Å². The number of nitrogens with zero attached hydrogens (tertiary/aromatic N) is 2. The molecule has 0 bridgehead atoms. The van der Waals surface area contributed by atoms with Crippen molar-refractivity contribution < 1.29 is 13.2 Å². The Morgan fingerprint density at radius 1 is 0.941 bits per heavy atom. The van der Waals surface area contributed by atoms with Crippen molar-refractivity contribution in [2.24, 2.45) is 0 Å². The first kappa shape index (κ1) is 27.5. The van der Waals surface area contributed by atoms with Gasteiger partial charge in [0.25, 0.3) is 0 Å². The molecule has 1 N–H and O–H groups in total. The number of benzene rings is 2. The SMILES string of the molecule is CC(CCN1CCN(S(C)(=O)=O)CC1)(C(=O)NCc1ccc(Cl)c(Cl)c1)c1ccc(Cl)c(Cl)c1. The number of carbonyl (C=O) groups is 1. The Morgan fingerprint density at radius 3 is 2.09 bits per heavy atom. The maximum atomic E-state index is 13.5. The van der Waals surface area contributed by atoms with Gasteiger partial charge in [-0.05, 0) is 55.3 Å². The van der Waals surface area contributed by atoms with Crippen LogP contribution in [-0.2, 0) is 26.8 Å². The summed E-state index contributed by atoms with van der Waals surface area (Å²) in [7, 11) is -3.20. The molecule has 1 unspecified atom stereocenters. The number of rotatable bonds is 8. The number of amides is 1. The minimum atomic E-state index is -3.20. The van der Waals surface area contributed by atoms with Gasteiger partial charge in [-0.2, -0.15) is 4.31 Å². The first-order chi connectivity index (χ1) is 15.9. The summed E-state index contributed by atoms with van der Waals surface area (Å²) < 4.78 is 25.1. The summed E-state index contributed by atoms with van der Waals surface area (Å²) in [6, 6.07) is 10.5. The number of carbonyl (C=O) groups excluding carboxylic acids is 1. The van der Waals surface area contributed by atoms with E-state index in [0.29, 0.717) is 65.8 Å². The highest BCUT2D eigenvalue weighted by molar-refractivity contribution is 7.88. The molecule has 1 aliphatic rings. The summed E-state index contributed by atoms with van der Waals surface area (Å²) in [4.78, 5) is 15.7. The molecule has 1 fully saturated rings. The van der Waals surface area contributed by atoms with E-state index >= 15 is 0 Å². The summed E-state index contributed by atoms with van der Waals surface area (Å²) in [6.07, 6.45) is 1.74. The van der Waals surface area contributed by atoms with Gasteiger partial charge in [0.05, 0.1) is 31.8 Å². The van der Waals surface area contributed by atoms with Gasteiger partial charge in [0.2, 0.25) is 15.9 Å². The van der Waals surface area contributed by atoms with Gasteiger partial charge >= 0.3 is 0 Å². The van der Waals surface area contributed by atoms with Gasteiger partial charge in [-0.15, -0.1) is 0 Å². The molecule has 6 nitrogen and oxygen atoms in total.